The molecule has 1 fully saturated rings. The molecule has 1 aliphatic rings. The maximum Gasteiger partial charge on any atom is 0.271 e. The van der Waals surface area contributed by atoms with Gasteiger partial charge in [0, 0.05) is 18.1 Å². The first kappa shape index (κ1) is 13.9. The molecule has 2 aromatic heterocycles. The lowest BCUT2D eigenvalue weighted by Gasteiger charge is -2.16. The van der Waals surface area contributed by atoms with Crippen molar-refractivity contribution in [2.45, 2.75) is 25.8 Å². The second-order valence-corrected chi connectivity index (χ2v) is 6.42. The summed E-state index contributed by atoms with van der Waals surface area (Å²) in [6, 6.07) is 3.64. The zero-order valence-corrected chi connectivity index (χ0v) is 12.8. The Morgan fingerprint density at radius 2 is 2.19 bits per heavy atom. The minimum absolute atomic E-state index is 0.184. The highest BCUT2D eigenvalue weighted by Gasteiger charge is 2.34. The van der Waals surface area contributed by atoms with Gasteiger partial charge < -0.3 is 10.6 Å². The van der Waals surface area contributed by atoms with Crippen LogP contribution in [0, 0.1) is 12.8 Å². The lowest BCUT2D eigenvalue weighted by atomic mass is 10.2. The zero-order chi connectivity index (χ0) is 14.8. The van der Waals surface area contributed by atoms with Crippen LogP contribution in [-0.2, 0) is 0 Å². The molecule has 21 heavy (non-hydrogen) atoms. The number of aryl methyl sites for hydroxylation is 1. The van der Waals surface area contributed by atoms with E-state index in [0.717, 1.165) is 5.01 Å². The van der Waals surface area contributed by atoms with E-state index in [2.05, 4.69) is 32.7 Å². The maximum absolute atomic E-state index is 11.4. The van der Waals surface area contributed by atoms with Gasteiger partial charge in [-0.1, -0.05) is 0 Å². The molecular formula is C14H17N5OS. The van der Waals surface area contributed by atoms with Crippen LogP contribution >= 0.6 is 11.3 Å². The smallest absolute Gasteiger partial charge is 0.271 e. The fourth-order valence-electron chi connectivity index (χ4n) is 2.14. The molecule has 2 heterocycles. The molecule has 0 radical (unpaired) electrons. The topological polar surface area (TPSA) is 79.8 Å². The fraction of sp³-hybridized carbons (Fsp3) is 0.429. The molecule has 1 atom stereocenters. The predicted octanol–water partition coefficient (Wildman–Crippen LogP) is 2.16. The maximum atomic E-state index is 11.4. The standard InChI is InChI=1S/C14H17N5OS/c1-8-7-16-14(21-8)12(9-3-4-9)17-11-6-5-10(18-19-11)13(20)15-2/h5-7,9,12H,3-4H2,1-2H3,(H,15,20)(H,17,19). The molecule has 1 aliphatic carbocycles. The molecule has 7 heteroatoms. The molecule has 0 aliphatic heterocycles. The number of hydrogen-bond donors (Lipinski definition) is 2. The van der Waals surface area contributed by atoms with Crippen LogP contribution in [0.15, 0.2) is 18.3 Å². The van der Waals surface area contributed by atoms with Crippen molar-refractivity contribution in [3.63, 3.8) is 0 Å². The number of nitrogens with zero attached hydrogens (tertiary/aromatic N) is 3. The summed E-state index contributed by atoms with van der Waals surface area (Å²) in [6.45, 7) is 2.06. The van der Waals surface area contributed by atoms with Gasteiger partial charge in [0.2, 0.25) is 0 Å². The second kappa shape index (κ2) is 5.77. The number of thiazole rings is 1. The largest absolute Gasteiger partial charge is 0.359 e. The number of nitrogens with one attached hydrogen (secondary N) is 2. The minimum Gasteiger partial charge on any atom is -0.359 e. The molecule has 0 bridgehead atoms. The third kappa shape index (κ3) is 3.18. The molecule has 6 nitrogen and oxygen atoms in total. The molecular weight excluding hydrogens is 286 g/mol. The van der Waals surface area contributed by atoms with Crippen molar-refractivity contribution in [2.24, 2.45) is 5.92 Å². The highest BCUT2D eigenvalue weighted by Crippen LogP contribution is 2.43. The normalized spacial score (nSPS) is 15.5. The number of carbonyl (C=O) groups is 1. The van der Waals surface area contributed by atoms with E-state index in [1.807, 2.05) is 6.20 Å². The molecule has 2 aromatic rings. The van der Waals surface area contributed by atoms with Gasteiger partial charge in [0.15, 0.2) is 5.69 Å². The molecule has 1 unspecified atom stereocenters. The summed E-state index contributed by atoms with van der Waals surface area (Å²) in [4.78, 5) is 17.1. The van der Waals surface area contributed by atoms with Gasteiger partial charge in [-0.15, -0.1) is 21.5 Å². The van der Waals surface area contributed by atoms with Crippen LogP contribution in [0.3, 0.4) is 0 Å². The Labute approximate surface area is 127 Å². The molecule has 1 saturated carbocycles. The number of amides is 1. The van der Waals surface area contributed by atoms with Crippen LogP contribution in [0.4, 0.5) is 5.82 Å². The third-order valence-electron chi connectivity index (χ3n) is 3.43. The summed E-state index contributed by atoms with van der Waals surface area (Å²) in [5.74, 6) is 1.05. The Kier molecular flexibility index (Phi) is 3.83. The Balaban J connectivity index is 1.75. The van der Waals surface area contributed by atoms with Crippen LogP contribution in [-0.4, -0.2) is 28.1 Å². The Hall–Kier alpha value is -2.02. The number of carbonyl (C=O) groups excluding carboxylic acids is 1. The lowest BCUT2D eigenvalue weighted by molar-refractivity contribution is 0.0957. The summed E-state index contributed by atoms with van der Waals surface area (Å²) in [5, 5.41) is 15.0. The molecule has 1 amide bonds. The van der Waals surface area contributed by atoms with Crippen molar-refractivity contribution < 1.29 is 4.79 Å². The van der Waals surface area contributed by atoms with Gasteiger partial charge in [0.25, 0.3) is 5.91 Å². The average Bonchev–Trinajstić information content (AvgIpc) is 3.26. The first-order chi connectivity index (χ1) is 10.2. The fourth-order valence-corrected chi connectivity index (χ4v) is 3.06. The van der Waals surface area contributed by atoms with Crippen molar-refractivity contribution in [1.82, 2.24) is 20.5 Å². The minimum atomic E-state index is -0.233. The van der Waals surface area contributed by atoms with E-state index in [9.17, 15) is 4.79 Å². The van der Waals surface area contributed by atoms with E-state index in [4.69, 9.17) is 0 Å². The van der Waals surface area contributed by atoms with Crippen LogP contribution in [0.1, 0.15) is 39.3 Å². The highest BCUT2D eigenvalue weighted by molar-refractivity contribution is 7.11. The monoisotopic (exact) mass is 303 g/mol. The van der Waals surface area contributed by atoms with Crippen molar-refractivity contribution in [3.05, 3.63) is 33.9 Å². The van der Waals surface area contributed by atoms with E-state index in [1.165, 1.54) is 17.7 Å². The van der Waals surface area contributed by atoms with Gasteiger partial charge in [0.05, 0.1) is 6.04 Å². The number of aromatic nitrogens is 3. The summed E-state index contributed by atoms with van der Waals surface area (Å²) >= 11 is 1.71. The third-order valence-corrected chi connectivity index (χ3v) is 4.42. The first-order valence-corrected chi connectivity index (χ1v) is 7.73. The Morgan fingerprint density at radius 1 is 1.38 bits per heavy atom. The highest BCUT2D eigenvalue weighted by atomic mass is 32.1. The number of anilines is 1. The van der Waals surface area contributed by atoms with E-state index in [-0.39, 0.29) is 11.9 Å². The quantitative estimate of drug-likeness (QED) is 0.885. The molecule has 0 spiro atoms. The van der Waals surface area contributed by atoms with E-state index < -0.39 is 0 Å². The van der Waals surface area contributed by atoms with E-state index in [0.29, 0.717) is 17.4 Å². The van der Waals surface area contributed by atoms with Gasteiger partial charge in [-0.25, -0.2) is 4.98 Å². The first-order valence-electron chi connectivity index (χ1n) is 6.92. The molecule has 2 N–H and O–H groups in total. The van der Waals surface area contributed by atoms with Crippen LogP contribution in [0.5, 0.6) is 0 Å². The molecule has 0 aromatic carbocycles. The second-order valence-electron chi connectivity index (χ2n) is 5.15. The van der Waals surface area contributed by atoms with Crippen molar-refractivity contribution >= 4 is 23.1 Å². The van der Waals surface area contributed by atoms with Gasteiger partial charge in [-0.2, -0.15) is 0 Å². The van der Waals surface area contributed by atoms with Gasteiger partial charge in [-0.05, 0) is 37.8 Å². The molecule has 3 rings (SSSR count). The van der Waals surface area contributed by atoms with Crippen molar-refractivity contribution in [3.8, 4) is 0 Å². The van der Waals surface area contributed by atoms with Crippen molar-refractivity contribution in [2.75, 3.05) is 12.4 Å². The van der Waals surface area contributed by atoms with Crippen LogP contribution < -0.4 is 10.6 Å². The van der Waals surface area contributed by atoms with E-state index in [1.54, 1.807) is 30.5 Å². The summed E-state index contributed by atoms with van der Waals surface area (Å²) in [6.07, 6.45) is 4.32. The van der Waals surface area contributed by atoms with Gasteiger partial charge >= 0.3 is 0 Å². The van der Waals surface area contributed by atoms with E-state index >= 15 is 0 Å². The average molecular weight is 303 g/mol. The Bertz CT molecular complexity index is 635. The number of rotatable bonds is 5. The number of hydrogen-bond acceptors (Lipinski definition) is 6. The lowest BCUT2D eigenvalue weighted by Crippen LogP contribution is -2.20. The molecule has 110 valence electrons. The van der Waals surface area contributed by atoms with Crippen molar-refractivity contribution in [1.29, 1.82) is 0 Å². The summed E-state index contributed by atoms with van der Waals surface area (Å²) in [5.41, 5.74) is 0.316. The van der Waals surface area contributed by atoms with Gasteiger partial charge in [-0.3, -0.25) is 4.79 Å². The van der Waals surface area contributed by atoms with Gasteiger partial charge in [0.1, 0.15) is 10.8 Å². The SMILES string of the molecule is CNC(=O)c1ccc(NC(c2ncc(C)s2)C2CC2)nn1. The summed E-state index contributed by atoms with van der Waals surface area (Å²) in [7, 11) is 1.57. The summed E-state index contributed by atoms with van der Waals surface area (Å²) < 4.78 is 0. The van der Waals surface area contributed by atoms with Crippen LogP contribution in [0.25, 0.3) is 0 Å². The zero-order valence-electron chi connectivity index (χ0n) is 12.0. The Morgan fingerprint density at radius 3 is 2.71 bits per heavy atom. The van der Waals surface area contributed by atoms with Crippen LogP contribution in [0.2, 0.25) is 0 Å². The molecule has 0 saturated heterocycles. The predicted molar refractivity (Wildman–Crippen MR) is 81.4 cm³/mol.